The van der Waals surface area contributed by atoms with Gasteiger partial charge in [0, 0.05) is 30.7 Å². The summed E-state index contributed by atoms with van der Waals surface area (Å²) in [7, 11) is -3.43. The molecule has 25 heavy (non-hydrogen) atoms. The number of nitrogens with one attached hydrogen (secondary N) is 1. The van der Waals surface area contributed by atoms with Gasteiger partial charge in [0.2, 0.25) is 10.0 Å². The van der Waals surface area contributed by atoms with Crippen molar-refractivity contribution < 1.29 is 13.2 Å². The maximum atomic E-state index is 12.5. The summed E-state index contributed by atoms with van der Waals surface area (Å²) in [5.74, 6) is -0.189. The largest absolute Gasteiger partial charge is 0.284 e. The van der Waals surface area contributed by atoms with Crippen LogP contribution in [-0.4, -0.2) is 48.8 Å². The molecule has 3 rings (SSSR count). The third-order valence-electron chi connectivity index (χ3n) is 5.24. The second-order valence-corrected chi connectivity index (χ2v) is 9.05. The number of amides is 1. The molecule has 0 aliphatic carbocycles. The van der Waals surface area contributed by atoms with Gasteiger partial charge >= 0.3 is 0 Å². The second kappa shape index (κ2) is 7.43. The molecular formula is C18H27N3O3S. The lowest BCUT2D eigenvalue weighted by atomic mass is 10.00. The highest BCUT2D eigenvalue weighted by molar-refractivity contribution is 7.89. The predicted octanol–water partition coefficient (Wildman–Crippen LogP) is 2.38. The lowest BCUT2D eigenvalue weighted by Gasteiger charge is -2.38. The second-order valence-electron chi connectivity index (χ2n) is 7.11. The molecule has 2 aliphatic heterocycles. The van der Waals surface area contributed by atoms with E-state index in [0.717, 1.165) is 25.7 Å². The number of rotatable bonds is 4. The molecule has 0 aromatic heterocycles. The third-order valence-corrected chi connectivity index (χ3v) is 7.16. The van der Waals surface area contributed by atoms with Crippen LogP contribution >= 0.6 is 0 Å². The molecule has 1 N–H and O–H groups in total. The maximum Gasteiger partial charge on any atom is 0.265 e. The number of carbonyl (C=O) groups is 1. The van der Waals surface area contributed by atoms with Gasteiger partial charge < -0.3 is 0 Å². The predicted molar refractivity (Wildman–Crippen MR) is 96.5 cm³/mol. The fraction of sp³-hybridized carbons (Fsp3) is 0.611. The molecule has 0 spiro atoms. The van der Waals surface area contributed by atoms with Crippen LogP contribution in [0.3, 0.4) is 0 Å². The van der Waals surface area contributed by atoms with Gasteiger partial charge in [0.1, 0.15) is 0 Å². The van der Waals surface area contributed by atoms with Gasteiger partial charge in [-0.15, -0.1) is 0 Å². The van der Waals surface area contributed by atoms with Crippen molar-refractivity contribution in [3.63, 3.8) is 0 Å². The van der Waals surface area contributed by atoms with E-state index in [-0.39, 0.29) is 10.8 Å². The highest BCUT2D eigenvalue weighted by Gasteiger charge is 2.28. The molecule has 0 saturated carbocycles. The summed E-state index contributed by atoms with van der Waals surface area (Å²) < 4.78 is 26.6. The Bertz CT molecular complexity index is 702. The summed E-state index contributed by atoms with van der Waals surface area (Å²) in [6.45, 7) is 5.38. The van der Waals surface area contributed by atoms with Gasteiger partial charge in [-0.1, -0.05) is 6.42 Å². The van der Waals surface area contributed by atoms with E-state index in [0.29, 0.717) is 30.7 Å². The molecule has 138 valence electrons. The average Bonchev–Trinajstić information content (AvgIpc) is 3.14. The van der Waals surface area contributed by atoms with Crippen LogP contribution in [0.4, 0.5) is 0 Å². The lowest BCUT2D eigenvalue weighted by Crippen LogP contribution is -2.54. The molecule has 0 radical (unpaired) electrons. The fourth-order valence-electron chi connectivity index (χ4n) is 3.68. The van der Waals surface area contributed by atoms with E-state index in [4.69, 9.17) is 0 Å². The zero-order chi connectivity index (χ0) is 18.0. The van der Waals surface area contributed by atoms with E-state index in [1.54, 1.807) is 12.1 Å². The summed E-state index contributed by atoms with van der Waals surface area (Å²) in [4.78, 5) is 12.8. The summed E-state index contributed by atoms with van der Waals surface area (Å²) in [5, 5.41) is 2.01. The SMILES string of the molecule is C[C@@H]1CCC[C@H](C)N1NC(=O)c1ccc(S(=O)(=O)N2CCCC2)cc1. The molecule has 2 heterocycles. The Labute approximate surface area is 150 Å². The molecule has 6 nitrogen and oxygen atoms in total. The van der Waals surface area contributed by atoms with Crippen molar-refractivity contribution >= 4 is 15.9 Å². The highest BCUT2D eigenvalue weighted by atomic mass is 32.2. The molecule has 1 aromatic rings. The van der Waals surface area contributed by atoms with Crippen LogP contribution in [0.25, 0.3) is 0 Å². The van der Waals surface area contributed by atoms with Crippen LogP contribution in [-0.2, 0) is 10.0 Å². The van der Waals surface area contributed by atoms with Gasteiger partial charge in [0.25, 0.3) is 5.91 Å². The lowest BCUT2D eigenvalue weighted by molar-refractivity contribution is 0.0369. The van der Waals surface area contributed by atoms with Gasteiger partial charge in [-0.25, -0.2) is 13.4 Å². The highest BCUT2D eigenvalue weighted by Crippen LogP contribution is 2.22. The van der Waals surface area contributed by atoms with Crippen molar-refractivity contribution in [2.24, 2.45) is 0 Å². The number of nitrogens with zero attached hydrogens (tertiary/aromatic N) is 2. The number of hydrogen-bond acceptors (Lipinski definition) is 4. The number of hydrogen-bond donors (Lipinski definition) is 1. The standard InChI is InChI=1S/C18H27N3O3S/c1-14-6-5-7-15(2)21(14)19-18(22)16-8-10-17(11-9-16)25(23,24)20-12-3-4-13-20/h8-11,14-15H,3-7,12-13H2,1-2H3,(H,19,22)/t14-,15+. The first-order valence-electron chi connectivity index (χ1n) is 9.09. The molecule has 1 amide bonds. The Kier molecular flexibility index (Phi) is 5.46. The van der Waals surface area contributed by atoms with E-state index in [9.17, 15) is 13.2 Å². The molecule has 7 heteroatoms. The Hall–Kier alpha value is -1.44. The zero-order valence-corrected chi connectivity index (χ0v) is 15.8. The van der Waals surface area contributed by atoms with E-state index >= 15 is 0 Å². The first-order valence-corrected chi connectivity index (χ1v) is 10.5. The Morgan fingerprint density at radius 2 is 1.56 bits per heavy atom. The molecular weight excluding hydrogens is 338 g/mol. The van der Waals surface area contributed by atoms with Crippen molar-refractivity contribution in [2.75, 3.05) is 13.1 Å². The van der Waals surface area contributed by atoms with Crippen LogP contribution < -0.4 is 5.43 Å². The average molecular weight is 365 g/mol. The fourth-order valence-corrected chi connectivity index (χ4v) is 5.20. The summed E-state index contributed by atoms with van der Waals surface area (Å²) in [6.07, 6.45) is 5.13. The topological polar surface area (TPSA) is 69.7 Å². The first kappa shape index (κ1) is 18.4. The minimum atomic E-state index is -3.43. The first-order chi connectivity index (χ1) is 11.9. The van der Waals surface area contributed by atoms with Crippen molar-refractivity contribution in [1.29, 1.82) is 0 Å². The maximum absolute atomic E-state index is 12.5. The molecule has 2 saturated heterocycles. The number of piperidine rings is 1. The van der Waals surface area contributed by atoms with E-state index in [1.807, 2.05) is 5.01 Å². The number of benzene rings is 1. The van der Waals surface area contributed by atoms with Gasteiger partial charge in [-0.3, -0.25) is 10.2 Å². The molecule has 2 fully saturated rings. The minimum absolute atomic E-state index is 0.189. The van der Waals surface area contributed by atoms with E-state index in [2.05, 4.69) is 19.3 Å². The quantitative estimate of drug-likeness (QED) is 0.889. The number of sulfonamides is 1. The van der Waals surface area contributed by atoms with Crippen molar-refractivity contribution in [3.05, 3.63) is 29.8 Å². The molecule has 0 unspecified atom stereocenters. The monoisotopic (exact) mass is 365 g/mol. The molecule has 2 aliphatic rings. The van der Waals surface area contributed by atoms with Crippen molar-refractivity contribution in [2.45, 2.75) is 62.9 Å². The van der Waals surface area contributed by atoms with Gasteiger partial charge in [-0.05, 0) is 63.8 Å². The Balaban J connectivity index is 1.70. The summed E-state index contributed by atoms with van der Waals surface area (Å²) in [6, 6.07) is 6.87. The Morgan fingerprint density at radius 3 is 2.12 bits per heavy atom. The minimum Gasteiger partial charge on any atom is -0.284 e. The normalized spacial score (nSPS) is 25.8. The van der Waals surface area contributed by atoms with Crippen LogP contribution in [0.1, 0.15) is 56.3 Å². The van der Waals surface area contributed by atoms with E-state index < -0.39 is 10.0 Å². The number of carbonyl (C=O) groups excluding carboxylic acids is 1. The van der Waals surface area contributed by atoms with Gasteiger partial charge in [0.05, 0.1) is 4.90 Å². The van der Waals surface area contributed by atoms with Crippen LogP contribution in [0.15, 0.2) is 29.2 Å². The molecule has 1 aromatic carbocycles. The number of hydrazine groups is 1. The summed E-state index contributed by atoms with van der Waals surface area (Å²) in [5.41, 5.74) is 3.46. The van der Waals surface area contributed by atoms with Crippen LogP contribution in [0, 0.1) is 0 Å². The van der Waals surface area contributed by atoms with Gasteiger partial charge in [0.15, 0.2) is 0 Å². The summed E-state index contributed by atoms with van der Waals surface area (Å²) >= 11 is 0. The molecule has 2 atom stereocenters. The molecule has 0 bridgehead atoms. The van der Waals surface area contributed by atoms with Crippen molar-refractivity contribution in [1.82, 2.24) is 14.7 Å². The zero-order valence-electron chi connectivity index (χ0n) is 14.9. The van der Waals surface area contributed by atoms with E-state index in [1.165, 1.54) is 22.9 Å². The van der Waals surface area contributed by atoms with Crippen molar-refractivity contribution in [3.8, 4) is 0 Å². The Morgan fingerprint density at radius 1 is 1.00 bits per heavy atom. The smallest absolute Gasteiger partial charge is 0.265 e. The van der Waals surface area contributed by atoms with Crippen LogP contribution in [0.5, 0.6) is 0 Å². The third kappa shape index (κ3) is 3.88. The van der Waals surface area contributed by atoms with Gasteiger partial charge in [-0.2, -0.15) is 4.31 Å². The van der Waals surface area contributed by atoms with Crippen LogP contribution in [0.2, 0.25) is 0 Å².